The van der Waals surface area contributed by atoms with Crippen LogP contribution in [0.4, 0.5) is 13.2 Å². The molecular formula is C15H20F3N. The van der Waals surface area contributed by atoms with E-state index >= 15 is 0 Å². The summed E-state index contributed by atoms with van der Waals surface area (Å²) < 4.78 is 38.0. The van der Waals surface area contributed by atoms with E-state index in [0.717, 1.165) is 6.07 Å². The molecule has 1 aromatic carbocycles. The number of hydrogen-bond donors (Lipinski definition) is 0. The Morgan fingerprint density at radius 1 is 0.947 bits per heavy atom. The fraction of sp³-hybridized carbons (Fsp3) is 0.400. The highest BCUT2D eigenvalue weighted by molar-refractivity contribution is 5.88. The van der Waals surface area contributed by atoms with Gasteiger partial charge in [-0.2, -0.15) is 13.2 Å². The van der Waals surface area contributed by atoms with E-state index in [1.807, 2.05) is 27.7 Å². The third-order valence-electron chi connectivity index (χ3n) is 2.28. The maximum atomic E-state index is 12.7. The van der Waals surface area contributed by atoms with Crippen molar-refractivity contribution in [1.29, 1.82) is 0 Å². The molecule has 0 fully saturated rings. The molecule has 106 valence electrons. The molecule has 0 saturated heterocycles. The monoisotopic (exact) mass is 271 g/mol. The minimum absolute atomic E-state index is 0.236. The first kappa shape index (κ1) is 17.4. The van der Waals surface area contributed by atoms with Crippen molar-refractivity contribution in [2.45, 2.75) is 40.8 Å². The molecule has 0 amide bonds. The highest BCUT2D eigenvalue weighted by Crippen LogP contribution is 2.35. The van der Waals surface area contributed by atoms with Crippen LogP contribution in [-0.4, -0.2) is 4.98 Å². The zero-order valence-corrected chi connectivity index (χ0v) is 12.0. The number of pyridine rings is 1. The van der Waals surface area contributed by atoms with Gasteiger partial charge >= 0.3 is 6.18 Å². The van der Waals surface area contributed by atoms with Gasteiger partial charge in [-0.3, -0.25) is 4.98 Å². The van der Waals surface area contributed by atoms with E-state index in [1.165, 1.54) is 18.5 Å². The van der Waals surface area contributed by atoms with Crippen molar-refractivity contribution < 1.29 is 13.2 Å². The normalized spacial score (nSPS) is 10.1. The van der Waals surface area contributed by atoms with E-state index in [0.29, 0.717) is 10.9 Å². The minimum Gasteiger partial charge on any atom is -0.264 e. The first-order valence-corrected chi connectivity index (χ1v) is 6.40. The average Bonchev–Trinajstić information content (AvgIpc) is 2.42. The molecule has 0 bridgehead atoms. The first-order chi connectivity index (χ1) is 9.00. The first-order valence-electron chi connectivity index (χ1n) is 6.40. The van der Waals surface area contributed by atoms with Gasteiger partial charge in [0.1, 0.15) is 0 Å². The van der Waals surface area contributed by atoms with Crippen LogP contribution in [0.3, 0.4) is 0 Å². The van der Waals surface area contributed by atoms with Crippen LogP contribution in [-0.2, 0) is 6.18 Å². The maximum absolute atomic E-state index is 12.7. The van der Waals surface area contributed by atoms with Crippen molar-refractivity contribution in [3.8, 4) is 0 Å². The lowest BCUT2D eigenvalue weighted by atomic mass is 10.0. The SMILES string of the molecule is CC.CC.Cc1cncc2cccc(C(F)(F)F)c12. The van der Waals surface area contributed by atoms with Crippen LogP contribution in [0.25, 0.3) is 10.8 Å². The predicted octanol–water partition coefficient (Wildman–Crippen LogP) is 5.61. The average molecular weight is 271 g/mol. The molecule has 1 heterocycles. The molecule has 0 saturated carbocycles. The summed E-state index contributed by atoms with van der Waals surface area (Å²) in [4.78, 5) is 3.87. The highest BCUT2D eigenvalue weighted by Gasteiger charge is 2.32. The summed E-state index contributed by atoms with van der Waals surface area (Å²) in [5, 5.41) is 0.754. The van der Waals surface area contributed by atoms with Gasteiger partial charge in [-0.15, -0.1) is 0 Å². The van der Waals surface area contributed by atoms with Crippen LogP contribution < -0.4 is 0 Å². The summed E-state index contributed by atoms with van der Waals surface area (Å²) >= 11 is 0. The number of hydrogen-bond acceptors (Lipinski definition) is 1. The molecule has 1 nitrogen and oxygen atoms in total. The standard InChI is InChI=1S/C11H8F3N.2C2H6/c1-7-5-15-6-8-3-2-4-9(10(7)8)11(12,13)14;2*1-2/h2-6H,1H3;2*1-2H3. The van der Waals surface area contributed by atoms with Crippen molar-refractivity contribution in [2.75, 3.05) is 0 Å². The Balaban J connectivity index is 0.000000741. The topological polar surface area (TPSA) is 12.9 Å². The fourth-order valence-electron chi connectivity index (χ4n) is 1.65. The molecule has 0 aliphatic heterocycles. The number of halogens is 3. The molecule has 1 aromatic heterocycles. The lowest BCUT2D eigenvalue weighted by Gasteiger charge is -2.11. The Hall–Kier alpha value is -1.58. The minimum atomic E-state index is -4.31. The molecule has 19 heavy (non-hydrogen) atoms. The van der Waals surface area contributed by atoms with Gasteiger partial charge in [0.15, 0.2) is 0 Å². The summed E-state index contributed by atoms with van der Waals surface area (Å²) in [6.45, 7) is 9.63. The molecular weight excluding hydrogens is 251 g/mol. The summed E-state index contributed by atoms with van der Waals surface area (Å²) in [5.41, 5.74) is -0.0553. The molecule has 2 aromatic rings. The smallest absolute Gasteiger partial charge is 0.264 e. The third-order valence-corrected chi connectivity index (χ3v) is 2.28. The Labute approximate surface area is 112 Å². The van der Waals surface area contributed by atoms with Crippen LogP contribution in [0.5, 0.6) is 0 Å². The van der Waals surface area contributed by atoms with E-state index in [2.05, 4.69) is 4.98 Å². The molecule has 2 rings (SSSR count). The quantitative estimate of drug-likeness (QED) is 0.606. The fourth-order valence-corrected chi connectivity index (χ4v) is 1.65. The zero-order chi connectivity index (χ0) is 15.1. The van der Waals surface area contributed by atoms with Gasteiger partial charge in [0.2, 0.25) is 0 Å². The number of alkyl halides is 3. The number of fused-ring (bicyclic) bond motifs is 1. The Morgan fingerprint density at radius 2 is 1.53 bits per heavy atom. The molecule has 4 heteroatoms. The third kappa shape index (κ3) is 4.23. The van der Waals surface area contributed by atoms with Crippen LogP contribution in [0.15, 0.2) is 30.6 Å². The van der Waals surface area contributed by atoms with Gasteiger partial charge in [0.25, 0.3) is 0 Å². The van der Waals surface area contributed by atoms with Gasteiger partial charge in [-0.05, 0) is 23.9 Å². The van der Waals surface area contributed by atoms with Crippen LogP contribution in [0, 0.1) is 6.92 Å². The largest absolute Gasteiger partial charge is 0.417 e. The van der Waals surface area contributed by atoms with E-state index < -0.39 is 11.7 Å². The summed E-state index contributed by atoms with van der Waals surface area (Å²) in [5.74, 6) is 0. The van der Waals surface area contributed by atoms with Crippen molar-refractivity contribution in [3.63, 3.8) is 0 Å². The predicted molar refractivity (Wildman–Crippen MR) is 74.2 cm³/mol. The van der Waals surface area contributed by atoms with Gasteiger partial charge in [0.05, 0.1) is 5.56 Å². The molecule has 0 atom stereocenters. The van der Waals surface area contributed by atoms with Crippen molar-refractivity contribution in [2.24, 2.45) is 0 Å². The van der Waals surface area contributed by atoms with Gasteiger partial charge in [-0.25, -0.2) is 0 Å². The van der Waals surface area contributed by atoms with E-state index in [-0.39, 0.29) is 5.39 Å². The van der Waals surface area contributed by atoms with Crippen LogP contribution in [0.2, 0.25) is 0 Å². The zero-order valence-electron chi connectivity index (χ0n) is 12.0. The van der Waals surface area contributed by atoms with Gasteiger partial charge < -0.3 is 0 Å². The lowest BCUT2D eigenvalue weighted by molar-refractivity contribution is -0.136. The summed E-state index contributed by atoms with van der Waals surface area (Å²) in [6.07, 6.45) is -1.43. The van der Waals surface area contributed by atoms with Gasteiger partial charge in [0, 0.05) is 17.8 Å². The van der Waals surface area contributed by atoms with Crippen molar-refractivity contribution in [3.05, 3.63) is 41.7 Å². The second-order valence-electron chi connectivity index (χ2n) is 3.36. The highest BCUT2D eigenvalue weighted by atomic mass is 19.4. The maximum Gasteiger partial charge on any atom is 0.417 e. The summed E-state index contributed by atoms with van der Waals surface area (Å²) in [7, 11) is 0. The number of nitrogens with zero attached hydrogens (tertiary/aromatic N) is 1. The molecule has 0 unspecified atom stereocenters. The van der Waals surface area contributed by atoms with Crippen molar-refractivity contribution >= 4 is 10.8 Å². The van der Waals surface area contributed by atoms with E-state index in [9.17, 15) is 13.2 Å². The Kier molecular flexibility index (Phi) is 7.12. The van der Waals surface area contributed by atoms with Crippen LogP contribution >= 0.6 is 0 Å². The number of benzene rings is 1. The number of aryl methyl sites for hydroxylation is 1. The van der Waals surface area contributed by atoms with Gasteiger partial charge in [-0.1, -0.05) is 39.8 Å². The second kappa shape index (κ2) is 7.77. The summed E-state index contributed by atoms with van der Waals surface area (Å²) in [6, 6.07) is 4.12. The van der Waals surface area contributed by atoms with E-state index in [1.54, 1.807) is 13.0 Å². The molecule has 0 spiro atoms. The molecule has 0 aliphatic carbocycles. The number of rotatable bonds is 0. The lowest BCUT2D eigenvalue weighted by Crippen LogP contribution is -2.06. The van der Waals surface area contributed by atoms with Crippen molar-refractivity contribution in [1.82, 2.24) is 4.98 Å². The second-order valence-corrected chi connectivity index (χ2v) is 3.36. The Morgan fingerprint density at radius 3 is 2.05 bits per heavy atom. The van der Waals surface area contributed by atoms with E-state index in [4.69, 9.17) is 0 Å². The molecule has 0 radical (unpaired) electrons. The molecule has 0 aliphatic rings. The Bertz CT molecular complexity index is 499. The number of aromatic nitrogens is 1. The molecule has 0 N–H and O–H groups in total. The van der Waals surface area contributed by atoms with Crippen LogP contribution in [0.1, 0.15) is 38.8 Å².